The molecule has 0 aromatic heterocycles. The molecule has 0 fully saturated rings. The zero-order chi connectivity index (χ0) is 17.0. The first kappa shape index (κ1) is 17.4. The van der Waals surface area contributed by atoms with Crippen LogP contribution in [0.1, 0.15) is 34.1 Å². The Bertz CT molecular complexity index is 734. The van der Waals surface area contributed by atoms with Gasteiger partial charge in [0.25, 0.3) is 0 Å². The first-order chi connectivity index (χ1) is 10.9. The predicted octanol–water partition coefficient (Wildman–Crippen LogP) is 4.65. The second-order valence-corrected chi connectivity index (χ2v) is 6.04. The van der Waals surface area contributed by atoms with Gasteiger partial charge in [0.2, 0.25) is 0 Å². The van der Waals surface area contributed by atoms with Gasteiger partial charge in [0.05, 0.1) is 5.92 Å². The highest BCUT2D eigenvalue weighted by Gasteiger charge is 2.27. The van der Waals surface area contributed by atoms with Crippen molar-refractivity contribution in [3.05, 3.63) is 69.7 Å². The lowest BCUT2D eigenvalue weighted by atomic mass is 9.88. The van der Waals surface area contributed by atoms with Crippen LogP contribution in [0.2, 0.25) is 10.0 Å². The molecule has 0 aliphatic carbocycles. The standard InChI is InChI=1S/C18H14Cl2O3/c1-11(21)16(18(23)13-4-8-15(20)9-5-13)10-17(22)12-2-6-14(19)7-3-12/h2-9,16H,10H2,1H3. The van der Waals surface area contributed by atoms with E-state index in [-0.39, 0.29) is 23.8 Å². The molecule has 1 atom stereocenters. The van der Waals surface area contributed by atoms with Crippen molar-refractivity contribution in [2.75, 3.05) is 0 Å². The van der Waals surface area contributed by atoms with Crippen molar-refractivity contribution in [3.8, 4) is 0 Å². The smallest absolute Gasteiger partial charge is 0.173 e. The van der Waals surface area contributed by atoms with Crippen LogP contribution in [0.4, 0.5) is 0 Å². The molecule has 0 saturated heterocycles. The molecule has 5 heteroatoms. The van der Waals surface area contributed by atoms with Gasteiger partial charge in [0.1, 0.15) is 5.78 Å². The number of halogens is 2. The molecule has 0 heterocycles. The van der Waals surface area contributed by atoms with Gasteiger partial charge in [-0.3, -0.25) is 14.4 Å². The summed E-state index contributed by atoms with van der Waals surface area (Å²) in [6.45, 7) is 1.31. The van der Waals surface area contributed by atoms with Crippen LogP contribution in [-0.2, 0) is 4.79 Å². The quantitative estimate of drug-likeness (QED) is 0.563. The van der Waals surface area contributed by atoms with Gasteiger partial charge in [0, 0.05) is 27.6 Å². The molecule has 118 valence electrons. The van der Waals surface area contributed by atoms with Crippen LogP contribution < -0.4 is 0 Å². The highest BCUT2D eigenvalue weighted by Crippen LogP contribution is 2.19. The molecule has 0 aliphatic heterocycles. The summed E-state index contributed by atoms with van der Waals surface area (Å²) in [6, 6.07) is 12.6. The maximum absolute atomic E-state index is 12.5. The van der Waals surface area contributed by atoms with Gasteiger partial charge in [-0.2, -0.15) is 0 Å². The fraction of sp³-hybridized carbons (Fsp3) is 0.167. The van der Waals surface area contributed by atoms with E-state index in [1.807, 2.05) is 0 Å². The number of hydrogen-bond acceptors (Lipinski definition) is 3. The number of Topliss-reactive ketones (excluding diaryl/α,β-unsaturated/α-hetero) is 3. The molecule has 0 N–H and O–H groups in total. The van der Waals surface area contributed by atoms with Crippen LogP contribution in [-0.4, -0.2) is 17.3 Å². The molecule has 2 aromatic carbocycles. The lowest BCUT2D eigenvalue weighted by Crippen LogP contribution is -2.25. The van der Waals surface area contributed by atoms with E-state index in [0.717, 1.165) is 0 Å². The summed E-state index contributed by atoms with van der Waals surface area (Å²) in [7, 11) is 0. The minimum atomic E-state index is -1.00. The third-order valence-corrected chi connectivity index (χ3v) is 4.00. The monoisotopic (exact) mass is 348 g/mol. The van der Waals surface area contributed by atoms with E-state index in [9.17, 15) is 14.4 Å². The molecule has 0 bridgehead atoms. The topological polar surface area (TPSA) is 51.2 Å². The van der Waals surface area contributed by atoms with Gasteiger partial charge in [-0.1, -0.05) is 23.2 Å². The molecular weight excluding hydrogens is 335 g/mol. The van der Waals surface area contributed by atoms with E-state index >= 15 is 0 Å². The zero-order valence-electron chi connectivity index (χ0n) is 12.4. The normalized spacial score (nSPS) is 11.8. The van der Waals surface area contributed by atoms with E-state index in [1.165, 1.54) is 6.92 Å². The lowest BCUT2D eigenvalue weighted by Gasteiger charge is -2.12. The fourth-order valence-electron chi connectivity index (χ4n) is 2.18. The van der Waals surface area contributed by atoms with Crippen molar-refractivity contribution >= 4 is 40.6 Å². The van der Waals surface area contributed by atoms with E-state index in [0.29, 0.717) is 21.2 Å². The number of hydrogen-bond donors (Lipinski definition) is 0. The number of ketones is 3. The van der Waals surface area contributed by atoms with Crippen molar-refractivity contribution in [1.29, 1.82) is 0 Å². The second kappa shape index (κ2) is 7.53. The summed E-state index contributed by atoms with van der Waals surface area (Å²) < 4.78 is 0. The van der Waals surface area contributed by atoms with Crippen molar-refractivity contribution in [1.82, 2.24) is 0 Å². The summed E-state index contributed by atoms with van der Waals surface area (Å²) in [6.07, 6.45) is -0.168. The Kier molecular flexibility index (Phi) is 5.69. The summed E-state index contributed by atoms with van der Waals surface area (Å²) in [4.78, 5) is 36.6. The molecule has 0 aliphatic rings. The maximum Gasteiger partial charge on any atom is 0.173 e. The third kappa shape index (κ3) is 4.50. The molecule has 0 amide bonds. The Morgan fingerprint density at radius 2 is 1.26 bits per heavy atom. The highest BCUT2D eigenvalue weighted by atomic mass is 35.5. The molecule has 0 radical (unpaired) electrons. The van der Waals surface area contributed by atoms with Crippen molar-refractivity contribution < 1.29 is 14.4 Å². The molecule has 23 heavy (non-hydrogen) atoms. The molecule has 3 nitrogen and oxygen atoms in total. The minimum Gasteiger partial charge on any atom is -0.299 e. The molecule has 2 aromatic rings. The zero-order valence-corrected chi connectivity index (χ0v) is 13.9. The molecule has 0 saturated carbocycles. The van der Waals surface area contributed by atoms with E-state index in [2.05, 4.69) is 0 Å². The van der Waals surface area contributed by atoms with Crippen molar-refractivity contribution in [2.24, 2.45) is 5.92 Å². The van der Waals surface area contributed by atoms with Crippen LogP contribution in [0.3, 0.4) is 0 Å². The predicted molar refractivity (Wildman–Crippen MR) is 90.4 cm³/mol. The van der Waals surface area contributed by atoms with Crippen molar-refractivity contribution in [2.45, 2.75) is 13.3 Å². The van der Waals surface area contributed by atoms with Gasteiger partial charge in [-0.25, -0.2) is 0 Å². The number of carbonyl (C=O) groups is 3. The van der Waals surface area contributed by atoms with Crippen molar-refractivity contribution in [3.63, 3.8) is 0 Å². The van der Waals surface area contributed by atoms with Crippen LogP contribution in [0, 0.1) is 5.92 Å². The van der Waals surface area contributed by atoms with E-state index in [1.54, 1.807) is 48.5 Å². The first-order valence-corrected chi connectivity index (χ1v) is 7.73. The Hall–Kier alpha value is -1.97. The highest BCUT2D eigenvalue weighted by molar-refractivity contribution is 6.31. The Morgan fingerprint density at radius 3 is 1.70 bits per heavy atom. The van der Waals surface area contributed by atoms with Crippen LogP contribution >= 0.6 is 23.2 Å². The third-order valence-electron chi connectivity index (χ3n) is 3.49. The fourth-order valence-corrected chi connectivity index (χ4v) is 2.43. The first-order valence-electron chi connectivity index (χ1n) is 6.97. The minimum absolute atomic E-state index is 0.168. The maximum atomic E-state index is 12.5. The van der Waals surface area contributed by atoms with E-state index < -0.39 is 5.92 Å². The van der Waals surface area contributed by atoms with Crippen LogP contribution in [0.5, 0.6) is 0 Å². The molecular formula is C18H14Cl2O3. The SMILES string of the molecule is CC(=O)C(CC(=O)c1ccc(Cl)cc1)C(=O)c1ccc(Cl)cc1. The largest absolute Gasteiger partial charge is 0.299 e. The summed E-state index contributed by atoms with van der Waals surface area (Å²) in [5, 5.41) is 1.01. The Morgan fingerprint density at radius 1 is 0.826 bits per heavy atom. The average molecular weight is 349 g/mol. The second-order valence-electron chi connectivity index (χ2n) is 5.17. The lowest BCUT2D eigenvalue weighted by molar-refractivity contribution is -0.119. The molecule has 1 unspecified atom stereocenters. The number of rotatable bonds is 6. The van der Waals surface area contributed by atoms with Gasteiger partial charge in [-0.15, -0.1) is 0 Å². The van der Waals surface area contributed by atoms with Gasteiger partial charge < -0.3 is 0 Å². The number of carbonyl (C=O) groups excluding carboxylic acids is 3. The summed E-state index contributed by atoms with van der Waals surface area (Å²) in [5.74, 6) is -1.99. The Labute approximate surface area is 144 Å². The van der Waals surface area contributed by atoms with Crippen LogP contribution in [0.15, 0.2) is 48.5 Å². The van der Waals surface area contributed by atoms with Crippen LogP contribution in [0.25, 0.3) is 0 Å². The van der Waals surface area contributed by atoms with Gasteiger partial charge in [-0.05, 0) is 55.5 Å². The summed E-state index contributed by atoms with van der Waals surface area (Å²) in [5.41, 5.74) is 0.781. The molecule has 2 rings (SSSR count). The average Bonchev–Trinajstić information content (AvgIpc) is 2.53. The van der Waals surface area contributed by atoms with Gasteiger partial charge >= 0.3 is 0 Å². The van der Waals surface area contributed by atoms with E-state index in [4.69, 9.17) is 23.2 Å². The van der Waals surface area contributed by atoms with Gasteiger partial charge in [0.15, 0.2) is 11.6 Å². The Balaban J connectivity index is 2.20. The number of benzene rings is 2. The molecule has 0 spiro atoms. The summed E-state index contributed by atoms with van der Waals surface area (Å²) >= 11 is 11.6.